The van der Waals surface area contributed by atoms with Gasteiger partial charge >= 0.3 is 0 Å². The highest BCUT2D eigenvalue weighted by atomic mass is 35.5. The molecule has 2 fully saturated rings. The lowest BCUT2D eigenvalue weighted by Gasteiger charge is -2.35. The largest absolute Gasteiger partial charge is 0.378 e. The Bertz CT molecular complexity index is 1300. The number of aryl methyl sites for hydroxylation is 2. The van der Waals surface area contributed by atoms with Gasteiger partial charge in [0.2, 0.25) is 17.8 Å². The van der Waals surface area contributed by atoms with Gasteiger partial charge in [-0.05, 0) is 63.1 Å². The number of primary amides is 1. The molecule has 0 spiro atoms. The summed E-state index contributed by atoms with van der Waals surface area (Å²) in [4.78, 5) is 26.1. The van der Waals surface area contributed by atoms with E-state index in [1.54, 1.807) is 6.20 Å². The molecule has 1 aliphatic carbocycles. The first-order chi connectivity index (χ1) is 17.6. The van der Waals surface area contributed by atoms with E-state index in [0.29, 0.717) is 54.0 Å². The predicted octanol–water partition coefficient (Wildman–Crippen LogP) is 4.99. The summed E-state index contributed by atoms with van der Waals surface area (Å²) >= 11 is 6.61. The fourth-order valence-electron chi connectivity index (χ4n) is 5.36. The van der Waals surface area contributed by atoms with Gasteiger partial charge in [-0.25, -0.2) is 14.4 Å². The molecule has 2 aromatic heterocycles. The van der Waals surface area contributed by atoms with E-state index in [0.717, 1.165) is 29.7 Å². The van der Waals surface area contributed by atoms with E-state index in [4.69, 9.17) is 32.0 Å². The van der Waals surface area contributed by atoms with Crippen molar-refractivity contribution in [3.8, 4) is 0 Å². The summed E-state index contributed by atoms with van der Waals surface area (Å²) in [6, 6.07) is 3.58. The summed E-state index contributed by atoms with van der Waals surface area (Å²) in [5, 5.41) is 7.18. The van der Waals surface area contributed by atoms with Crippen molar-refractivity contribution in [2.45, 2.75) is 71.1 Å². The Kier molecular flexibility index (Phi) is 6.97. The van der Waals surface area contributed by atoms with Gasteiger partial charge < -0.3 is 21.1 Å². The molecule has 3 aromatic rings. The van der Waals surface area contributed by atoms with E-state index < -0.39 is 17.6 Å². The predicted molar refractivity (Wildman–Crippen MR) is 142 cm³/mol. The highest BCUT2D eigenvalue weighted by Gasteiger charge is 2.38. The maximum absolute atomic E-state index is 14.4. The van der Waals surface area contributed by atoms with Gasteiger partial charge in [-0.2, -0.15) is 4.98 Å². The average molecular weight is 530 g/mol. The van der Waals surface area contributed by atoms with Crippen LogP contribution in [0.5, 0.6) is 0 Å². The van der Waals surface area contributed by atoms with E-state index in [-0.39, 0.29) is 18.6 Å². The number of rotatable bonds is 6. The van der Waals surface area contributed by atoms with Gasteiger partial charge in [0.15, 0.2) is 5.65 Å². The Morgan fingerprint density at radius 3 is 2.68 bits per heavy atom. The number of nitrogens with one attached hydrogen (secondary N) is 2. The summed E-state index contributed by atoms with van der Waals surface area (Å²) in [7, 11) is 0. The number of nitrogens with two attached hydrogens (primary N) is 1. The molecular weight excluding hydrogens is 497 g/mol. The third-order valence-corrected chi connectivity index (χ3v) is 8.02. The molecule has 1 aromatic carbocycles. The van der Waals surface area contributed by atoms with Crippen molar-refractivity contribution >= 4 is 46.3 Å². The van der Waals surface area contributed by atoms with Crippen molar-refractivity contribution in [1.29, 1.82) is 0 Å². The Morgan fingerprint density at radius 2 is 2.00 bits per heavy atom. The minimum atomic E-state index is -1.13. The molecule has 3 heterocycles. The van der Waals surface area contributed by atoms with Gasteiger partial charge in [0.05, 0.1) is 29.6 Å². The van der Waals surface area contributed by atoms with E-state index in [9.17, 15) is 9.18 Å². The number of amides is 1. The first kappa shape index (κ1) is 25.7. The Labute approximate surface area is 220 Å². The second kappa shape index (κ2) is 10.1. The molecule has 1 saturated heterocycles. The number of fused-ring (bicyclic) bond motifs is 1. The van der Waals surface area contributed by atoms with Gasteiger partial charge in [-0.3, -0.25) is 9.36 Å². The molecule has 1 amide bonds. The van der Waals surface area contributed by atoms with Gasteiger partial charge in [-0.1, -0.05) is 24.6 Å². The molecule has 9 nitrogen and oxygen atoms in total. The monoisotopic (exact) mass is 529 g/mol. The molecule has 2 aliphatic rings. The average Bonchev–Trinajstić information content (AvgIpc) is 3.20. The highest BCUT2D eigenvalue weighted by Crippen LogP contribution is 2.43. The van der Waals surface area contributed by atoms with Gasteiger partial charge in [0.1, 0.15) is 11.7 Å². The fourth-order valence-corrected chi connectivity index (χ4v) is 5.72. The molecule has 0 radical (unpaired) electrons. The van der Waals surface area contributed by atoms with Crippen LogP contribution in [0.3, 0.4) is 0 Å². The number of imidazole rings is 1. The second-order valence-corrected chi connectivity index (χ2v) is 11.0. The summed E-state index contributed by atoms with van der Waals surface area (Å²) in [5.41, 5.74) is 9.26. The van der Waals surface area contributed by atoms with Gasteiger partial charge in [0.25, 0.3) is 0 Å². The molecule has 11 heteroatoms. The van der Waals surface area contributed by atoms with E-state index in [1.165, 1.54) is 0 Å². The number of halogens is 2. The van der Waals surface area contributed by atoms with Crippen LogP contribution in [0.25, 0.3) is 11.2 Å². The number of carbonyl (C=O) groups is 1. The maximum Gasteiger partial charge on any atom is 0.225 e. The van der Waals surface area contributed by atoms with E-state index in [1.807, 2.05) is 26.8 Å². The van der Waals surface area contributed by atoms with Crippen LogP contribution < -0.4 is 16.4 Å². The molecule has 4 N–H and O–H groups in total. The highest BCUT2D eigenvalue weighted by molar-refractivity contribution is 6.33. The zero-order valence-corrected chi connectivity index (χ0v) is 22.1. The lowest BCUT2D eigenvalue weighted by atomic mass is 9.73. The minimum absolute atomic E-state index is 0.0317. The summed E-state index contributed by atoms with van der Waals surface area (Å²) in [5.74, 6) is 0.669. The molecule has 198 valence electrons. The van der Waals surface area contributed by atoms with Crippen LogP contribution in [0.15, 0.2) is 18.3 Å². The third kappa shape index (κ3) is 5.09. The van der Waals surface area contributed by atoms with Gasteiger partial charge in [0, 0.05) is 18.1 Å². The lowest BCUT2D eigenvalue weighted by molar-refractivity contribution is -0.128. The quantitative estimate of drug-likeness (QED) is 0.411. The molecule has 0 unspecified atom stereocenters. The standard InChI is InChI=1S/C26H33ClFN7O2/c1-14-10-15(2)21(17(27)11-14)33-25-32-20-12-30-24(31-19-6-9-37-13-18(19)28)34-22(20)35(25)16-4-7-26(3,8-5-16)23(29)36/h10-12,16,18-19H,4-9,13H2,1-3H3,(H2,29,36)(H,32,33)(H,30,31,34)/t16?,18-,19-,26?/m1/s1. The van der Waals surface area contributed by atoms with E-state index in [2.05, 4.69) is 26.3 Å². The summed E-state index contributed by atoms with van der Waals surface area (Å²) in [6.07, 6.45) is 3.86. The zero-order valence-electron chi connectivity index (χ0n) is 21.4. The second-order valence-electron chi connectivity index (χ2n) is 10.6. The van der Waals surface area contributed by atoms with Crippen LogP contribution in [-0.2, 0) is 9.53 Å². The molecule has 37 heavy (non-hydrogen) atoms. The van der Waals surface area contributed by atoms with Gasteiger partial charge in [-0.15, -0.1) is 0 Å². The Hall–Kier alpha value is -2.98. The third-order valence-electron chi connectivity index (χ3n) is 7.72. The van der Waals surface area contributed by atoms with Crippen LogP contribution in [0.4, 0.5) is 22.0 Å². The van der Waals surface area contributed by atoms with Crippen molar-refractivity contribution in [2.24, 2.45) is 11.1 Å². The van der Waals surface area contributed by atoms with Crippen molar-refractivity contribution in [3.05, 3.63) is 34.5 Å². The molecule has 0 bridgehead atoms. The lowest BCUT2D eigenvalue weighted by Crippen LogP contribution is -2.39. The SMILES string of the molecule is Cc1cc(C)c(Nc2nc3cnc(N[C@@H]4CCOC[C@H]4F)nc3n2C2CCC(C)(C(N)=O)CC2)c(Cl)c1. The van der Waals surface area contributed by atoms with Crippen molar-refractivity contribution in [3.63, 3.8) is 0 Å². The molecule has 2 atom stereocenters. The molecule has 1 aliphatic heterocycles. The molecule has 5 rings (SSSR count). The first-order valence-electron chi connectivity index (χ1n) is 12.7. The van der Waals surface area contributed by atoms with Crippen LogP contribution in [0.2, 0.25) is 5.02 Å². The Morgan fingerprint density at radius 1 is 1.24 bits per heavy atom. The normalized spacial score (nSPS) is 26.2. The maximum atomic E-state index is 14.4. The number of anilines is 3. The van der Waals surface area contributed by atoms with Crippen LogP contribution >= 0.6 is 11.6 Å². The number of benzene rings is 1. The Balaban J connectivity index is 1.54. The number of hydrogen-bond donors (Lipinski definition) is 3. The van der Waals surface area contributed by atoms with Crippen molar-refractivity contribution in [1.82, 2.24) is 19.5 Å². The summed E-state index contributed by atoms with van der Waals surface area (Å²) in [6.45, 7) is 6.47. The summed E-state index contributed by atoms with van der Waals surface area (Å²) < 4.78 is 21.7. The number of ether oxygens (including phenoxy) is 1. The number of carbonyl (C=O) groups excluding carboxylic acids is 1. The van der Waals surface area contributed by atoms with Crippen LogP contribution in [0, 0.1) is 19.3 Å². The first-order valence-corrected chi connectivity index (χ1v) is 13.1. The number of nitrogens with zero attached hydrogens (tertiary/aromatic N) is 4. The topological polar surface area (TPSA) is 120 Å². The fraction of sp³-hybridized carbons (Fsp3) is 0.538. The number of alkyl halides is 1. The number of hydrogen-bond acceptors (Lipinski definition) is 7. The van der Waals surface area contributed by atoms with Crippen LogP contribution in [-0.4, -0.2) is 50.9 Å². The minimum Gasteiger partial charge on any atom is -0.378 e. The van der Waals surface area contributed by atoms with Crippen molar-refractivity contribution in [2.75, 3.05) is 23.8 Å². The zero-order chi connectivity index (χ0) is 26.3. The molecule has 1 saturated carbocycles. The molecular formula is C26H33ClFN7O2. The smallest absolute Gasteiger partial charge is 0.225 e. The van der Waals surface area contributed by atoms with E-state index >= 15 is 0 Å². The van der Waals surface area contributed by atoms with Crippen LogP contribution in [0.1, 0.15) is 56.2 Å². The van der Waals surface area contributed by atoms with Crippen molar-refractivity contribution < 1.29 is 13.9 Å². The number of aromatic nitrogens is 4.